The van der Waals surface area contributed by atoms with Crippen LogP contribution in [0, 0.1) is 0 Å². The molecule has 2 heterocycles. The number of halogens is 1. The molecule has 3 aromatic carbocycles. The minimum Gasteiger partial charge on any atom is -0.497 e. The Balaban J connectivity index is 1.36. The molecule has 0 fully saturated rings. The van der Waals surface area contributed by atoms with Crippen molar-refractivity contribution in [3.63, 3.8) is 0 Å². The van der Waals surface area contributed by atoms with Gasteiger partial charge in [0.05, 0.1) is 35.3 Å². The van der Waals surface area contributed by atoms with Gasteiger partial charge in [0.15, 0.2) is 0 Å². The van der Waals surface area contributed by atoms with E-state index >= 15 is 0 Å². The predicted molar refractivity (Wildman–Crippen MR) is 142 cm³/mol. The van der Waals surface area contributed by atoms with Crippen molar-refractivity contribution in [3.05, 3.63) is 92.9 Å². The number of sulfonamides is 1. The van der Waals surface area contributed by atoms with Gasteiger partial charge in [-0.15, -0.1) is 0 Å². The Kier molecular flexibility index (Phi) is 6.86. The zero-order valence-corrected chi connectivity index (χ0v) is 22.2. The lowest BCUT2D eigenvalue weighted by atomic mass is 10.2. The van der Waals surface area contributed by atoms with Crippen molar-refractivity contribution in [2.45, 2.75) is 18.0 Å². The highest BCUT2D eigenvalue weighted by molar-refractivity contribution is 7.89. The van der Waals surface area contributed by atoms with Crippen LogP contribution in [0.25, 0.3) is 21.6 Å². The van der Waals surface area contributed by atoms with Crippen LogP contribution in [-0.2, 0) is 23.1 Å². The minimum atomic E-state index is -3.89. The number of ether oxygens (including phenoxy) is 1. The first kappa shape index (κ1) is 25.2. The smallest absolute Gasteiger partial charge is 0.308 e. The molecule has 12 heteroatoms. The SMILES string of the molecule is COc1ccc(-c2noc(CN(C)S(=O)(=O)c3ccc4c(c3)sc(=O)n4Cc3ccc(Cl)cc3)n2)cc1. The summed E-state index contributed by atoms with van der Waals surface area (Å²) in [4.78, 5) is 16.9. The summed E-state index contributed by atoms with van der Waals surface area (Å²) in [6.07, 6.45) is 0. The molecule has 0 amide bonds. The van der Waals surface area contributed by atoms with Gasteiger partial charge in [-0.2, -0.15) is 9.29 Å². The Labute approximate surface area is 221 Å². The van der Waals surface area contributed by atoms with E-state index in [0.717, 1.165) is 21.2 Å². The van der Waals surface area contributed by atoms with Gasteiger partial charge in [0.2, 0.25) is 21.7 Å². The molecule has 0 N–H and O–H groups in total. The summed E-state index contributed by atoms with van der Waals surface area (Å²) in [5, 5.41) is 4.56. The summed E-state index contributed by atoms with van der Waals surface area (Å²) >= 11 is 6.95. The predicted octanol–water partition coefficient (Wildman–Crippen LogP) is 4.64. The summed E-state index contributed by atoms with van der Waals surface area (Å²) in [6, 6.07) is 19.0. The number of hydrogen-bond acceptors (Lipinski definition) is 8. The summed E-state index contributed by atoms with van der Waals surface area (Å²) in [5.41, 5.74) is 2.29. The lowest BCUT2D eigenvalue weighted by Gasteiger charge is -2.15. The van der Waals surface area contributed by atoms with Gasteiger partial charge in [-0.05, 0) is 60.2 Å². The maximum Gasteiger partial charge on any atom is 0.308 e. The highest BCUT2D eigenvalue weighted by atomic mass is 35.5. The first-order valence-electron chi connectivity index (χ1n) is 11.1. The van der Waals surface area contributed by atoms with Crippen molar-refractivity contribution in [2.24, 2.45) is 0 Å². The molecule has 0 saturated heterocycles. The number of nitrogens with zero attached hydrogens (tertiary/aromatic N) is 4. The van der Waals surface area contributed by atoms with E-state index in [2.05, 4.69) is 10.1 Å². The molecule has 5 aromatic rings. The third kappa shape index (κ3) is 5.16. The minimum absolute atomic E-state index is 0.0669. The second-order valence-corrected chi connectivity index (χ2v) is 11.7. The molecular weight excluding hydrogens is 536 g/mol. The number of rotatable bonds is 8. The number of aromatic nitrogens is 3. The number of methoxy groups -OCH3 is 1. The van der Waals surface area contributed by atoms with Gasteiger partial charge in [-0.25, -0.2) is 8.42 Å². The van der Waals surface area contributed by atoms with E-state index in [1.165, 1.54) is 19.2 Å². The van der Waals surface area contributed by atoms with Crippen molar-refractivity contribution in [1.29, 1.82) is 0 Å². The standard InChI is InChI=1S/C25H21ClN4O5S2/c1-29(15-23-27-24(28-35-23)17-5-9-19(34-2)10-6-17)37(32,33)20-11-12-21-22(13-20)36-25(31)30(21)14-16-3-7-18(26)8-4-16/h3-13H,14-15H2,1-2H3. The Morgan fingerprint density at radius 2 is 1.81 bits per heavy atom. The van der Waals surface area contributed by atoms with Crippen LogP contribution in [0.5, 0.6) is 5.75 Å². The van der Waals surface area contributed by atoms with E-state index in [1.54, 1.807) is 54.1 Å². The van der Waals surface area contributed by atoms with Crippen molar-refractivity contribution >= 4 is 43.2 Å². The molecule has 0 spiro atoms. The molecule has 0 aliphatic carbocycles. The average molecular weight is 557 g/mol. The second kappa shape index (κ2) is 10.1. The maximum atomic E-state index is 13.3. The van der Waals surface area contributed by atoms with E-state index in [-0.39, 0.29) is 22.2 Å². The highest BCUT2D eigenvalue weighted by Gasteiger charge is 2.24. The van der Waals surface area contributed by atoms with Crippen LogP contribution in [0.4, 0.5) is 0 Å². The lowest BCUT2D eigenvalue weighted by molar-refractivity contribution is 0.337. The zero-order chi connectivity index (χ0) is 26.2. The molecule has 0 atom stereocenters. The van der Waals surface area contributed by atoms with Gasteiger partial charge in [-0.1, -0.05) is 40.2 Å². The van der Waals surface area contributed by atoms with Gasteiger partial charge in [0.25, 0.3) is 0 Å². The fourth-order valence-electron chi connectivity index (χ4n) is 3.76. The quantitative estimate of drug-likeness (QED) is 0.274. The number of fused-ring (bicyclic) bond motifs is 1. The third-order valence-electron chi connectivity index (χ3n) is 5.78. The summed E-state index contributed by atoms with van der Waals surface area (Å²) in [5.74, 6) is 1.19. The molecule has 0 bridgehead atoms. The van der Waals surface area contributed by atoms with Crippen molar-refractivity contribution < 1.29 is 17.7 Å². The normalized spacial score (nSPS) is 11.9. The lowest BCUT2D eigenvalue weighted by Crippen LogP contribution is -2.26. The molecule has 37 heavy (non-hydrogen) atoms. The van der Waals surface area contributed by atoms with Crippen LogP contribution >= 0.6 is 22.9 Å². The van der Waals surface area contributed by atoms with Crippen molar-refractivity contribution in [2.75, 3.05) is 14.2 Å². The fourth-order valence-corrected chi connectivity index (χ4v) is 6.04. The topological polar surface area (TPSA) is 108 Å². The molecule has 5 rings (SSSR count). The Bertz CT molecular complexity index is 1730. The maximum absolute atomic E-state index is 13.3. The zero-order valence-electron chi connectivity index (χ0n) is 19.8. The van der Waals surface area contributed by atoms with Gasteiger partial charge < -0.3 is 9.26 Å². The molecule has 0 radical (unpaired) electrons. The fraction of sp³-hybridized carbons (Fsp3) is 0.160. The molecule has 0 unspecified atom stereocenters. The van der Waals surface area contributed by atoms with E-state index in [1.807, 2.05) is 12.1 Å². The number of hydrogen-bond donors (Lipinski definition) is 0. The van der Waals surface area contributed by atoms with Crippen LogP contribution in [0.2, 0.25) is 5.02 Å². The molecule has 0 aliphatic heterocycles. The van der Waals surface area contributed by atoms with Crippen LogP contribution in [0.1, 0.15) is 11.5 Å². The van der Waals surface area contributed by atoms with E-state index in [9.17, 15) is 13.2 Å². The summed E-state index contributed by atoms with van der Waals surface area (Å²) < 4.78 is 40.3. The summed E-state index contributed by atoms with van der Waals surface area (Å²) in [6.45, 7) is 0.243. The van der Waals surface area contributed by atoms with Gasteiger partial charge in [-0.3, -0.25) is 9.36 Å². The van der Waals surface area contributed by atoms with Gasteiger partial charge in [0, 0.05) is 17.6 Å². The van der Waals surface area contributed by atoms with Crippen molar-refractivity contribution in [3.8, 4) is 17.1 Å². The van der Waals surface area contributed by atoms with Crippen LogP contribution in [0.3, 0.4) is 0 Å². The molecule has 190 valence electrons. The van der Waals surface area contributed by atoms with Crippen molar-refractivity contribution in [1.82, 2.24) is 19.0 Å². The summed E-state index contributed by atoms with van der Waals surface area (Å²) in [7, 11) is -0.879. The van der Waals surface area contributed by atoms with Gasteiger partial charge in [0.1, 0.15) is 5.75 Å². The van der Waals surface area contributed by atoms with Crippen LogP contribution < -0.4 is 9.61 Å². The van der Waals surface area contributed by atoms with Crippen LogP contribution in [-0.4, -0.2) is 41.6 Å². The second-order valence-electron chi connectivity index (χ2n) is 8.21. The highest BCUT2D eigenvalue weighted by Crippen LogP contribution is 2.26. The Morgan fingerprint density at radius 3 is 2.51 bits per heavy atom. The first-order chi connectivity index (χ1) is 17.7. The average Bonchev–Trinajstić information content (AvgIpc) is 3.49. The molecule has 9 nitrogen and oxygen atoms in total. The monoisotopic (exact) mass is 556 g/mol. The Morgan fingerprint density at radius 1 is 1.08 bits per heavy atom. The molecule has 2 aromatic heterocycles. The van der Waals surface area contributed by atoms with E-state index < -0.39 is 10.0 Å². The molecular formula is C25H21ClN4O5S2. The van der Waals surface area contributed by atoms with E-state index in [0.29, 0.717) is 38.9 Å². The first-order valence-corrected chi connectivity index (χ1v) is 13.7. The van der Waals surface area contributed by atoms with E-state index in [4.69, 9.17) is 20.9 Å². The number of benzene rings is 3. The van der Waals surface area contributed by atoms with Crippen LogP contribution in [0.15, 0.2) is 80.9 Å². The molecule has 0 saturated carbocycles. The Hall–Kier alpha value is -3.51. The number of thiazole rings is 1. The molecule has 0 aliphatic rings. The largest absolute Gasteiger partial charge is 0.497 e. The van der Waals surface area contributed by atoms with Gasteiger partial charge >= 0.3 is 4.87 Å². The third-order valence-corrected chi connectivity index (χ3v) is 8.77.